The van der Waals surface area contributed by atoms with Crippen LogP contribution in [0.25, 0.3) is 10.6 Å². The zero-order chi connectivity index (χ0) is 14.1. The van der Waals surface area contributed by atoms with Crippen molar-refractivity contribution < 1.29 is 0 Å². The van der Waals surface area contributed by atoms with Crippen LogP contribution in [0.1, 0.15) is 36.4 Å². The molecule has 0 amide bonds. The van der Waals surface area contributed by atoms with Crippen LogP contribution in [-0.2, 0) is 6.42 Å². The second kappa shape index (κ2) is 6.26. The predicted octanol–water partition coefficient (Wildman–Crippen LogP) is 5.32. The molecule has 1 atom stereocenters. The van der Waals surface area contributed by atoms with Gasteiger partial charge in [-0.1, -0.05) is 13.0 Å². The number of fused-ring (bicyclic) bond motifs is 1. The van der Waals surface area contributed by atoms with E-state index in [0.29, 0.717) is 6.04 Å². The van der Waals surface area contributed by atoms with Crippen molar-refractivity contribution in [2.75, 3.05) is 6.54 Å². The average molecular weight is 416 g/mol. The van der Waals surface area contributed by atoms with Gasteiger partial charge in [-0.15, -0.1) is 11.3 Å². The Labute approximate surface area is 140 Å². The lowest BCUT2D eigenvalue weighted by molar-refractivity contribution is 0.476. The summed E-state index contributed by atoms with van der Waals surface area (Å²) in [5.41, 5.74) is 2.48. The largest absolute Gasteiger partial charge is 0.309 e. The van der Waals surface area contributed by atoms with Gasteiger partial charge in [-0.3, -0.25) is 0 Å². The van der Waals surface area contributed by atoms with Gasteiger partial charge in [0, 0.05) is 25.4 Å². The number of benzene rings is 1. The second-order valence-electron chi connectivity index (χ2n) is 4.96. The molecule has 1 N–H and O–H groups in total. The van der Waals surface area contributed by atoms with Gasteiger partial charge >= 0.3 is 0 Å². The van der Waals surface area contributed by atoms with E-state index < -0.39 is 0 Å². The lowest BCUT2D eigenvalue weighted by Gasteiger charge is -2.21. The van der Waals surface area contributed by atoms with Crippen molar-refractivity contribution in [3.63, 3.8) is 0 Å². The molecular weight excluding hydrogens is 400 g/mol. The molecular formula is C15H16Br2N2S. The molecule has 1 heterocycles. The van der Waals surface area contributed by atoms with Crippen molar-refractivity contribution >= 4 is 43.2 Å². The number of rotatable bonds is 3. The minimum absolute atomic E-state index is 0.494. The van der Waals surface area contributed by atoms with Gasteiger partial charge in [0.25, 0.3) is 0 Å². The van der Waals surface area contributed by atoms with Crippen molar-refractivity contribution in [2.45, 2.75) is 32.2 Å². The van der Waals surface area contributed by atoms with E-state index in [1.165, 1.54) is 29.0 Å². The highest BCUT2D eigenvalue weighted by atomic mass is 79.9. The van der Waals surface area contributed by atoms with Crippen LogP contribution < -0.4 is 5.32 Å². The summed E-state index contributed by atoms with van der Waals surface area (Å²) in [5.74, 6) is 0. The number of thiazole rings is 1. The first-order chi connectivity index (χ1) is 9.69. The maximum atomic E-state index is 4.87. The maximum absolute atomic E-state index is 4.87. The van der Waals surface area contributed by atoms with Gasteiger partial charge < -0.3 is 5.32 Å². The Balaban J connectivity index is 1.97. The van der Waals surface area contributed by atoms with Crippen molar-refractivity contribution in [2.24, 2.45) is 0 Å². The molecule has 2 aromatic rings. The van der Waals surface area contributed by atoms with E-state index in [2.05, 4.69) is 62.3 Å². The number of hydrogen-bond donors (Lipinski definition) is 1. The van der Waals surface area contributed by atoms with Crippen LogP contribution in [0.4, 0.5) is 0 Å². The summed E-state index contributed by atoms with van der Waals surface area (Å²) in [6, 6.07) is 6.83. The van der Waals surface area contributed by atoms with Crippen molar-refractivity contribution in [3.8, 4) is 10.6 Å². The Morgan fingerprint density at radius 3 is 2.95 bits per heavy atom. The van der Waals surface area contributed by atoms with E-state index in [1.54, 1.807) is 0 Å². The van der Waals surface area contributed by atoms with E-state index in [0.717, 1.165) is 26.9 Å². The average Bonchev–Trinajstić information content (AvgIpc) is 2.87. The molecule has 1 aliphatic rings. The molecule has 1 aliphatic carbocycles. The first-order valence-corrected chi connectivity index (χ1v) is 9.27. The summed E-state index contributed by atoms with van der Waals surface area (Å²) >= 11 is 8.93. The van der Waals surface area contributed by atoms with Gasteiger partial charge in [0.05, 0.1) is 5.69 Å². The van der Waals surface area contributed by atoms with Crippen molar-refractivity contribution in [3.05, 3.63) is 37.7 Å². The number of halogens is 2. The van der Waals surface area contributed by atoms with Gasteiger partial charge in [-0.2, -0.15) is 0 Å². The number of aromatic nitrogens is 1. The molecule has 0 spiro atoms. The van der Waals surface area contributed by atoms with E-state index in [9.17, 15) is 0 Å². The number of hydrogen-bond acceptors (Lipinski definition) is 3. The van der Waals surface area contributed by atoms with E-state index in [1.807, 2.05) is 11.3 Å². The summed E-state index contributed by atoms with van der Waals surface area (Å²) in [7, 11) is 0. The quantitative estimate of drug-likeness (QED) is 0.733. The lowest BCUT2D eigenvalue weighted by Crippen LogP contribution is -2.23. The fourth-order valence-corrected chi connectivity index (χ4v) is 4.46. The molecule has 1 unspecified atom stereocenters. The standard InChI is InChI=1S/C15H16Br2N2S/c1-2-18-12-4-3-5-13-14(12)20-15(19-13)9-6-7-10(16)11(17)8-9/h6-8,12,18H,2-5H2,1H3. The van der Waals surface area contributed by atoms with Crippen LogP contribution in [-0.4, -0.2) is 11.5 Å². The van der Waals surface area contributed by atoms with Gasteiger partial charge in [0.2, 0.25) is 0 Å². The highest BCUT2D eigenvalue weighted by Crippen LogP contribution is 2.39. The van der Waals surface area contributed by atoms with E-state index >= 15 is 0 Å². The third kappa shape index (κ3) is 2.86. The summed E-state index contributed by atoms with van der Waals surface area (Å²) in [5, 5.41) is 4.71. The molecule has 1 aromatic carbocycles. The maximum Gasteiger partial charge on any atom is 0.123 e. The highest BCUT2D eigenvalue weighted by molar-refractivity contribution is 9.13. The highest BCUT2D eigenvalue weighted by Gasteiger charge is 2.24. The Morgan fingerprint density at radius 1 is 1.35 bits per heavy atom. The summed E-state index contributed by atoms with van der Waals surface area (Å²) in [4.78, 5) is 6.30. The molecule has 106 valence electrons. The SMILES string of the molecule is CCNC1CCCc2nc(-c3ccc(Br)c(Br)c3)sc21. The van der Waals surface area contributed by atoms with Crippen LogP contribution in [0.2, 0.25) is 0 Å². The monoisotopic (exact) mass is 414 g/mol. The summed E-state index contributed by atoms with van der Waals surface area (Å²) in [6.07, 6.45) is 3.58. The first kappa shape index (κ1) is 14.7. The summed E-state index contributed by atoms with van der Waals surface area (Å²) in [6.45, 7) is 3.18. The molecule has 0 saturated carbocycles. The predicted molar refractivity (Wildman–Crippen MR) is 92.3 cm³/mol. The van der Waals surface area contributed by atoms with Crippen LogP contribution in [0.3, 0.4) is 0 Å². The molecule has 20 heavy (non-hydrogen) atoms. The number of nitrogens with one attached hydrogen (secondary N) is 1. The van der Waals surface area contributed by atoms with Crippen LogP contribution in [0, 0.1) is 0 Å². The third-order valence-corrected chi connectivity index (χ3v) is 6.71. The third-order valence-electron chi connectivity index (χ3n) is 3.57. The molecule has 5 heteroatoms. The molecule has 0 radical (unpaired) electrons. The zero-order valence-electron chi connectivity index (χ0n) is 11.2. The van der Waals surface area contributed by atoms with Crippen LogP contribution >= 0.6 is 43.2 Å². The first-order valence-electron chi connectivity index (χ1n) is 6.87. The molecule has 0 aliphatic heterocycles. The minimum Gasteiger partial charge on any atom is -0.309 e. The van der Waals surface area contributed by atoms with Gasteiger partial charge in [0.1, 0.15) is 5.01 Å². The Morgan fingerprint density at radius 2 is 2.20 bits per heavy atom. The number of aryl methyl sites for hydroxylation is 1. The van der Waals surface area contributed by atoms with Gasteiger partial charge in [-0.05, 0) is 69.8 Å². The molecule has 2 nitrogen and oxygen atoms in total. The summed E-state index contributed by atoms with van der Waals surface area (Å²) < 4.78 is 2.15. The van der Waals surface area contributed by atoms with Crippen molar-refractivity contribution in [1.82, 2.24) is 10.3 Å². The van der Waals surface area contributed by atoms with Crippen LogP contribution in [0.5, 0.6) is 0 Å². The Hall–Kier alpha value is -0.230. The Bertz CT molecular complexity index is 624. The molecule has 0 bridgehead atoms. The second-order valence-corrected chi connectivity index (χ2v) is 7.70. The smallest absolute Gasteiger partial charge is 0.123 e. The van der Waals surface area contributed by atoms with Crippen molar-refractivity contribution in [1.29, 1.82) is 0 Å². The molecule has 0 saturated heterocycles. The Kier molecular flexibility index (Phi) is 4.60. The van der Waals surface area contributed by atoms with Gasteiger partial charge in [0.15, 0.2) is 0 Å². The molecule has 1 aromatic heterocycles. The van der Waals surface area contributed by atoms with Gasteiger partial charge in [-0.25, -0.2) is 4.98 Å². The topological polar surface area (TPSA) is 24.9 Å². The fourth-order valence-electron chi connectivity index (χ4n) is 2.61. The van der Waals surface area contributed by atoms with E-state index in [-0.39, 0.29) is 0 Å². The zero-order valence-corrected chi connectivity index (χ0v) is 15.2. The normalized spacial score (nSPS) is 18.1. The van der Waals surface area contributed by atoms with E-state index in [4.69, 9.17) is 4.98 Å². The fraction of sp³-hybridized carbons (Fsp3) is 0.400. The minimum atomic E-state index is 0.494. The number of nitrogens with zero attached hydrogens (tertiary/aromatic N) is 1. The molecule has 0 fully saturated rings. The lowest BCUT2D eigenvalue weighted by atomic mass is 9.98. The molecule has 3 rings (SSSR count). The van der Waals surface area contributed by atoms with Crippen LogP contribution in [0.15, 0.2) is 27.1 Å².